The van der Waals surface area contributed by atoms with Gasteiger partial charge in [0.1, 0.15) is 10.1 Å². The van der Waals surface area contributed by atoms with Crippen LogP contribution in [0.4, 0.5) is 11.4 Å². The van der Waals surface area contributed by atoms with Crippen LogP contribution < -0.4 is 29.6 Å². The Balaban J connectivity index is 0.00000242. The average molecular weight is 336 g/mol. The number of rotatable bonds is 3. The van der Waals surface area contributed by atoms with Crippen molar-refractivity contribution in [3.63, 3.8) is 0 Å². The molecule has 0 aliphatic heterocycles. The number of nitrogens with zero attached hydrogens (tertiary/aromatic N) is 2. The molecule has 0 unspecified atom stereocenters. The monoisotopic (exact) mass is 336 g/mol. The van der Waals surface area contributed by atoms with Gasteiger partial charge in [0.15, 0.2) is 0 Å². The number of fused-ring (bicyclic) bond motifs is 1. The minimum Gasteiger partial charge on any atom is -0.744 e. The van der Waals surface area contributed by atoms with Crippen molar-refractivity contribution < 1.29 is 57.5 Å². The number of nitro groups is 2. The van der Waals surface area contributed by atoms with E-state index in [1.54, 1.807) is 0 Å². The van der Waals surface area contributed by atoms with Gasteiger partial charge in [0.2, 0.25) is 5.75 Å². The zero-order valence-electron chi connectivity index (χ0n) is 10.9. The van der Waals surface area contributed by atoms with Gasteiger partial charge in [0, 0.05) is 5.39 Å². The van der Waals surface area contributed by atoms with Gasteiger partial charge >= 0.3 is 35.2 Å². The second-order valence-electron chi connectivity index (χ2n) is 3.94. The van der Waals surface area contributed by atoms with Gasteiger partial charge in [0.25, 0.3) is 5.69 Å². The molecule has 0 spiro atoms. The molecule has 0 aromatic heterocycles. The molecule has 0 saturated carbocycles. The van der Waals surface area contributed by atoms with Crippen molar-refractivity contribution in [1.82, 2.24) is 0 Å². The molecule has 0 saturated heterocycles. The molecule has 2 aromatic carbocycles. The summed E-state index contributed by atoms with van der Waals surface area (Å²) in [6, 6.07) is 2.97. The summed E-state index contributed by atoms with van der Waals surface area (Å²) in [6.07, 6.45) is 0. The Labute approximate surface area is 144 Å². The van der Waals surface area contributed by atoms with Crippen molar-refractivity contribution in [1.29, 1.82) is 0 Å². The van der Waals surface area contributed by atoms with Crippen LogP contribution in [0.15, 0.2) is 29.2 Å². The van der Waals surface area contributed by atoms with Crippen molar-refractivity contribution in [2.45, 2.75) is 4.90 Å². The van der Waals surface area contributed by atoms with E-state index in [0.717, 1.165) is 12.1 Å². The quantitative estimate of drug-likeness (QED) is 0.299. The second-order valence-corrected chi connectivity index (χ2v) is 5.32. The summed E-state index contributed by atoms with van der Waals surface area (Å²) in [5.41, 5.74) is -1.65. The number of nitro benzene ring substituents is 2. The van der Waals surface area contributed by atoms with Crippen LogP contribution >= 0.6 is 0 Å². The van der Waals surface area contributed by atoms with E-state index in [1.165, 1.54) is 0 Å². The van der Waals surface area contributed by atoms with E-state index < -0.39 is 47.4 Å². The number of phenols is 1. The van der Waals surface area contributed by atoms with E-state index >= 15 is 0 Å². The average Bonchev–Trinajstić information content (AvgIpc) is 2.36. The normalized spacial score (nSPS) is 11.0. The maximum absolute atomic E-state index is 10.9. The summed E-state index contributed by atoms with van der Waals surface area (Å²) >= 11 is 0. The molecule has 0 radical (unpaired) electrons. The van der Waals surface area contributed by atoms with Crippen LogP contribution in [0.25, 0.3) is 10.8 Å². The third-order valence-electron chi connectivity index (χ3n) is 2.72. The summed E-state index contributed by atoms with van der Waals surface area (Å²) < 4.78 is 32.8. The van der Waals surface area contributed by atoms with Crippen LogP contribution in [0.3, 0.4) is 0 Å². The second kappa shape index (κ2) is 6.14. The number of aromatic hydroxyl groups is 1. The van der Waals surface area contributed by atoms with Crippen molar-refractivity contribution in [3.05, 3.63) is 44.5 Å². The number of non-ortho nitro benzene ring substituents is 1. The summed E-state index contributed by atoms with van der Waals surface area (Å²) in [5.74, 6) is -0.953. The molecule has 0 atom stereocenters. The molecule has 2 aromatic rings. The Morgan fingerprint density at radius 3 is 1.95 bits per heavy atom. The minimum atomic E-state index is -4.88. The summed E-state index contributed by atoms with van der Waals surface area (Å²) in [7, 11) is -4.88. The van der Waals surface area contributed by atoms with Crippen molar-refractivity contribution in [3.8, 4) is 5.75 Å². The van der Waals surface area contributed by atoms with Crippen LogP contribution in [0, 0.1) is 20.2 Å². The first-order valence-corrected chi connectivity index (χ1v) is 6.58. The zero-order chi connectivity index (χ0) is 15.9. The third kappa shape index (κ3) is 3.18. The fourth-order valence-corrected chi connectivity index (χ4v) is 2.30. The molecule has 10 nitrogen and oxygen atoms in total. The molecule has 0 fully saturated rings. The van der Waals surface area contributed by atoms with Gasteiger partial charge in [-0.25, -0.2) is 8.42 Å². The first kappa shape index (κ1) is 18.3. The molecule has 1 N–H and O–H groups in total. The van der Waals surface area contributed by atoms with Gasteiger partial charge in [-0.05, 0) is 18.2 Å². The van der Waals surface area contributed by atoms with Gasteiger partial charge in [-0.3, -0.25) is 20.2 Å². The summed E-state index contributed by atoms with van der Waals surface area (Å²) in [4.78, 5) is 18.9. The topological polar surface area (TPSA) is 164 Å². The Morgan fingerprint density at radius 2 is 1.50 bits per heavy atom. The smallest absolute Gasteiger partial charge is 0.744 e. The molecule has 0 bridgehead atoms. The number of hydrogen-bond donors (Lipinski definition) is 1. The van der Waals surface area contributed by atoms with E-state index in [0.29, 0.717) is 12.1 Å². The van der Waals surface area contributed by atoms with E-state index in [1.807, 2.05) is 0 Å². The SMILES string of the molecule is O=[N+]([O-])c1cc([N+](=O)[O-])c2ccc(S(=O)(=O)[O-])cc2c1O.[Na+]. The van der Waals surface area contributed by atoms with Crippen LogP contribution in [-0.2, 0) is 10.1 Å². The van der Waals surface area contributed by atoms with Crippen molar-refractivity contribution >= 4 is 32.3 Å². The molecule has 0 heterocycles. The Morgan fingerprint density at radius 1 is 0.955 bits per heavy atom. The van der Waals surface area contributed by atoms with Crippen molar-refractivity contribution in [2.24, 2.45) is 0 Å². The van der Waals surface area contributed by atoms with Gasteiger partial charge in [-0.15, -0.1) is 0 Å². The van der Waals surface area contributed by atoms with Crippen molar-refractivity contribution in [2.75, 3.05) is 0 Å². The van der Waals surface area contributed by atoms with Crippen LogP contribution in [0.5, 0.6) is 5.75 Å². The van der Waals surface area contributed by atoms with E-state index in [2.05, 4.69) is 0 Å². The predicted octanol–water partition coefficient (Wildman–Crippen LogP) is -1.73. The van der Waals surface area contributed by atoms with Gasteiger partial charge in [-0.1, -0.05) is 0 Å². The predicted molar refractivity (Wildman–Crippen MR) is 66.9 cm³/mol. The summed E-state index contributed by atoms with van der Waals surface area (Å²) in [5, 5.41) is 30.7. The standard InChI is InChI=1S/C10H6N2O8S.Na/c13-10-7-3-5(21(18,19)20)1-2-6(7)8(11(14)15)4-9(10)12(16)17;/h1-4,13H,(H,18,19,20);/q;+1/p-1. The number of benzene rings is 2. The Kier molecular flexibility index (Phi) is 5.10. The molecule has 2 rings (SSSR count). The number of phenolic OH excluding ortho intramolecular Hbond substituents is 1. The number of hydrogen-bond acceptors (Lipinski definition) is 8. The Bertz CT molecular complexity index is 895. The maximum Gasteiger partial charge on any atom is 1.00 e. The summed E-state index contributed by atoms with van der Waals surface area (Å²) in [6.45, 7) is 0. The third-order valence-corrected chi connectivity index (χ3v) is 3.55. The van der Waals surface area contributed by atoms with Crippen LogP contribution in [0.2, 0.25) is 0 Å². The fraction of sp³-hybridized carbons (Fsp3) is 0. The molecule has 0 aliphatic rings. The van der Waals surface area contributed by atoms with Crippen LogP contribution in [0.1, 0.15) is 0 Å². The van der Waals surface area contributed by atoms with E-state index in [4.69, 9.17) is 0 Å². The minimum absolute atomic E-state index is 0. The zero-order valence-corrected chi connectivity index (χ0v) is 13.7. The Hall–Kier alpha value is -1.79. The van der Waals surface area contributed by atoms with E-state index in [9.17, 15) is 38.3 Å². The molecular formula is C10H5N2NaO8S. The largest absolute Gasteiger partial charge is 1.00 e. The molecule has 0 aliphatic carbocycles. The van der Waals surface area contributed by atoms with Gasteiger partial charge in [-0.2, -0.15) is 0 Å². The maximum atomic E-state index is 10.9. The fourth-order valence-electron chi connectivity index (χ4n) is 1.80. The molecular weight excluding hydrogens is 331 g/mol. The molecule has 0 amide bonds. The van der Waals surface area contributed by atoms with Gasteiger partial charge < -0.3 is 9.66 Å². The van der Waals surface area contributed by atoms with Crippen LogP contribution in [-0.4, -0.2) is 27.9 Å². The first-order valence-electron chi connectivity index (χ1n) is 5.17. The van der Waals surface area contributed by atoms with Gasteiger partial charge in [0.05, 0.1) is 26.2 Å². The van der Waals surface area contributed by atoms with E-state index in [-0.39, 0.29) is 34.9 Å². The molecule has 22 heavy (non-hydrogen) atoms. The molecule has 12 heteroatoms. The first-order chi connectivity index (χ1) is 9.62. The molecule has 110 valence electrons.